The van der Waals surface area contributed by atoms with Crippen LogP contribution in [-0.4, -0.2) is 11.1 Å². The first-order valence-corrected chi connectivity index (χ1v) is 6.35. The highest BCUT2D eigenvalue weighted by atomic mass is 16.4. The van der Waals surface area contributed by atoms with Crippen LogP contribution in [0.1, 0.15) is 45.4 Å². The monoisotopic (exact) mass is 220 g/mol. The van der Waals surface area contributed by atoms with Gasteiger partial charge in [-0.05, 0) is 62.7 Å². The van der Waals surface area contributed by atoms with Crippen LogP contribution in [0.4, 0.5) is 0 Å². The predicted molar refractivity (Wildman–Crippen MR) is 62.0 cm³/mol. The van der Waals surface area contributed by atoms with E-state index in [-0.39, 0.29) is 5.41 Å². The third kappa shape index (κ3) is 1.16. The second-order valence-corrected chi connectivity index (χ2v) is 6.61. The standard InChI is InChI=1S/C14H20O2/c1-9(2)13-4-10-3-11(5-13)7-14(6-10,8-13)12(15)16/h10-11H,1,3-8H2,2H3,(H,15,16)/t10-,11+,13?,14?. The van der Waals surface area contributed by atoms with Gasteiger partial charge >= 0.3 is 5.97 Å². The van der Waals surface area contributed by atoms with E-state index < -0.39 is 11.4 Å². The molecule has 0 aromatic heterocycles. The molecule has 4 aliphatic rings. The molecule has 0 spiro atoms. The normalized spacial score (nSPS) is 49.3. The molecule has 4 fully saturated rings. The van der Waals surface area contributed by atoms with Crippen molar-refractivity contribution in [3.05, 3.63) is 12.2 Å². The van der Waals surface area contributed by atoms with E-state index in [9.17, 15) is 9.90 Å². The molecule has 16 heavy (non-hydrogen) atoms. The predicted octanol–water partition coefficient (Wildman–Crippen LogP) is 3.23. The van der Waals surface area contributed by atoms with Crippen molar-refractivity contribution >= 4 is 5.97 Å². The highest BCUT2D eigenvalue weighted by Crippen LogP contribution is 2.67. The Bertz CT molecular complexity index is 323. The zero-order valence-corrected chi connectivity index (χ0v) is 9.96. The Morgan fingerprint density at radius 2 is 1.69 bits per heavy atom. The van der Waals surface area contributed by atoms with Gasteiger partial charge in [0.25, 0.3) is 0 Å². The average Bonchev–Trinajstić information content (AvgIpc) is 2.14. The summed E-state index contributed by atoms with van der Waals surface area (Å²) in [5.41, 5.74) is 0.998. The van der Waals surface area contributed by atoms with Crippen molar-refractivity contribution in [1.82, 2.24) is 0 Å². The molecule has 4 aliphatic carbocycles. The maximum atomic E-state index is 11.6. The molecule has 4 rings (SSSR count). The molecule has 0 aromatic carbocycles. The highest BCUT2D eigenvalue weighted by molar-refractivity contribution is 5.75. The van der Waals surface area contributed by atoms with E-state index in [0.717, 1.165) is 19.3 Å². The summed E-state index contributed by atoms with van der Waals surface area (Å²) in [6.45, 7) is 6.24. The molecule has 4 saturated carbocycles. The van der Waals surface area contributed by atoms with Crippen LogP contribution >= 0.6 is 0 Å². The number of hydrogen-bond donors (Lipinski definition) is 1. The number of rotatable bonds is 2. The third-order valence-corrected chi connectivity index (χ3v) is 5.42. The number of allylic oxidation sites excluding steroid dienone is 1. The van der Waals surface area contributed by atoms with E-state index >= 15 is 0 Å². The van der Waals surface area contributed by atoms with Crippen molar-refractivity contribution in [3.63, 3.8) is 0 Å². The Morgan fingerprint density at radius 3 is 2.12 bits per heavy atom. The van der Waals surface area contributed by atoms with Gasteiger partial charge < -0.3 is 5.11 Å². The van der Waals surface area contributed by atoms with Gasteiger partial charge in [-0.1, -0.05) is 12.2 Å². The maximum Gasteiger partial charge on any atom is 0.309 e. The van der Waals surface area contributed by atoms with Crippen LogP contribution in [0, 0.1) is 22.7 Å². The van der Waals surface area contributed by atoms with E-state index in [2.05, 4.69) is 13.5 Å². The Labute approximate surface area is 96.7 Å². The zero-order valence-electron chi connectivity index (χ0n) is 9.96. The molecule has 2 nitrogen and oxygen atoms in total. The fraction of sp³-hybridized carbons (Fsp3) is 0.786. The van der Waals surface area contributed by atoms with E-state index in [1.807, 2.05) is 0 Å². The smallest absolute Gasteiger partial charge is 0.309 e. The van der Waals surface area contributed by atoms with Gasteiger partial charge in [-0.25, -0.2) is 0 Å². The van der Waals surface area contributed by atoms with Gasteiger partial charge in [0.1, 0.15) is 0 Å². The molecule has 0 radical (unpaired) electrons. The number of carbonyl (C=O) groups is 1. The SMILES string of the molecule is C=C(C)C12C[C@H]3C[C@@H](C1)CC(C(=O)O)(C3)C2. The molecule has 0 aliphatic heterocycles. The summed E-state index contributed by atoms with van der Waals surface area (Å²) < 4.78 is 0. The molecular formula is C14H20O2. The second kappa shape index (κ2) is 2.91. The lowest BCUT2D eigenvalue weighted by atomic mass is 9.43. The first-order chi connectivity index (χ1) is 7.46. The minimum Gasteiger partial charge on any atom is -0.481 e. The molecule has 0 heterocycles. The lowest BCUT2D eigenvalue weighted by Crippen LogP contribution is -2.55. The first-order valence-electron chi connectivity index (χ1n) is 6.35. The minimum atomic E-state index is -0.549. The second-order valence-electron chi connectivity index (χ2n) is 6.61. The number of carboxylic acids is 1. The quantitative estimate of drug-likeness (QED) is 0.725. The molecule has 88 valence electrons. The summed E-state index contributed by atoms with van der Waals surface area (Å²) in [5, 5.41) is 9.55. The van der Waals surface area contributed by atoms with Gasteiger partial charge in [0, 0.05) is 0 Å². The number of hydrogen-bond acceptors (Lipinski definition) is 1. The van der Waals surface area contributed by atoms with Gasteiger partial charge in [0.15, 0.2) is 0 Å². The summed E-state index contributed by atoms with van der Waals surface area (Å²) in [6, 6.07) is 0. The average molecular weight is 220 g/mol. The summed E-state index contributed by atoms with van der Waals surface area (Å²) in [5.74, 6) is 0.746. The molecule has 2 unspecified atom stereocenters. The summed E-state index contributed by atoms with van der Waals surface area (Å²) in [6.07, 6.45) is 6.38. The topological polar surface area (TPSA) is 37.3 Å². The molecule has 0 aromatic rings. The largest absolute Gasteiger partial charge is 0.481 e. The molecule has 4 bridgehead atoms. The molecular weight excluding hydrogens is 200 g/mol. The van der Waals surface area contributed by atoms with Crippen molar-refractivity contribution in [2.24, 2.45) is 22.7 Å². The van der Waals surface area contributed by atoms with Crippen molar-refractivity contribution in [3.8, 4) is 0 Å². The molecule has 0 saturated heterocycles. The van der Waals surface area contributed by atoms with Crippen molar-refractivity contribution in [1.29, 1.82) is 0 Å². The van der Waals surface area contributed by atoms with Gasteiger partial charge in [0.05, 0.1) is 5.41 Å². The van der Waals surface area contributed by atoms with E-state index in [0.29, 0.717) is 11.8 Å². The Kier molecular flexibility index (Phi) is 1.88. The van der Waals surface area contributed by atoms with Gasteiger partial charge in [-0.3, -0.25) is 4.79 Å². The van der Waals surface area contributed by atoms with Crippen LogP contribution in [0.25, 0.3) is 0 Å². The summed E-state index contributed by atoms with van der Waals surface area (Å²) in [7, 11) is 0. The van der Waals surface area contributed by atoms with Gasteiger partial charge in [0.2, 0.25) is 0 Å². The number of carboxylic acid groups (broad SMARTS) is 1. The van der Waals surface area contributed by atoms with Crippen LogP contribution in [0.2, 0.25) is 0 Å². The molecule has 4 atom stereocenters. The maximum absolute atomic E-state index is 11.6. The third-order valence-electron chi connectivity index (χ3n) is 5.42. The van der Waals surface area contributed by atoms with Crippen LogP contribution < -0.4 is 0 Å². The lowest BCUT2D eigenvalue weighted by Gasteiger charge is -2.61. The van der Waals surface area contributed by atoms with Gasteiger partial charge in [-0.2, -0.15) is 0 Å². The molecule has 1 N–H and O–H groups in total. The molecule has 0 amide bonds. The van der Waals surface area contributed by atoms with Gasteiger partial charge in [-0.15, -0.1) is 0 Å². The fourth-order valence-corrected chi connectivity index (χ4v) is 5.01. The number of aliphatic carboxylic acids is 1. The van der Waals surface area contributed by atoms with Crippen LogP contribution in [0.3, 0.4) is 0 Å². The minimum absolute atomic E-state index is 0.169. The van der Waals surface area contributed by atoms with E-state index in [4.69, 9.17) is 0 Å². The van der Waals surface area contributed by atoms with E-state index in [1.54, 1.807) is 0 Å². The van der Waals surface area contributed by atoms with Crippen molar-refractivity contribution in [2.45, 2.75) is 45.4 Å². The highest BCUT2D eigenvalue weighted by Gasteiger charge is 2.60. The van der Waals surface area contributed by atoms with Crippen molar-refractivity contribution < 1.29 is 9.90 Å². The van der Waals surface area contributed by atoms with Crippen LogP contribution in [-0.2, 0) is 4.79 Å². The Morgan fingerprint density at radius 1 is 1.19 bits per heavy atom. The molecule has 2 heteroatoms. The van der Waals surface area contributed by atoms with E-state index in [1.165, 1.54) is 24.8 Å². The lowest BCUT2D eigenvalue weighted by molar-refractivity contribution is -0.170. The Balaban J connectivity index is 2.03. The first kappa shape index (κ1) is 10.4. The van der Waals surface area contributed by atoms with Crippen LogP contribution in [0.15, 0.2) is 12.2 Å². The fourth-order valence-electron chi connectivity index (χ4n) is 5.01. The van der Waals surface area contributed by atoms with Crippen molar-refractivity contribution in [2.75, 3.05) is 0 Å². The summed E-state index contributed by atoms with van der Waals surface area (Å²) in [4.78, 5) is 11.6. The zero-order chi connectivity index (χ0) is 11.6. The summed E-state index contributed by atoms with van der Waals surface area (Å²) >= 11 is 0. The van der Waals surface area contributed by atoms with Crippen LogP contribution in [0.5, 0.6) is 0 Å². The Hall–Kier alpha value is -0.790.